The fraction of sp³-hybridized carbons (Fsp3) is 0.0909. The van der Waals surface area contributed by atoms with E-state index in [1.807, 2.05) is 5.38 Å². The van der Waals surface area contributed by atoms with Gasteiger partial charge in [-0.1, -0.05) is 27.5 Å². The molecule has 1 nitrogen and oxygen atoms in total. The van der Waals surface area contributed by atoms with Crippen LogP contribution in [0.25, 0.3) is 0 Å². The summed E-state index contributed by atoms with van der Waals surface area (Å²) < 4.78 is 27.3. The zero-order chi connectivity index (χ0) is 12.4. The van der Waals surface area contributed by atoms with Gasteiger partial charge >= 0.3 is 0 Å². The van der Waals surface area contributed by atoms with Crippen molar-refractivity contribution in [2.45, 2.75) is 6.54 Å². The molecule has 2 rings (SSSR count). The van der Waals surface area contributed by atoms with E-state index in [4.69, 9.17) is 11.6 Å². The lowest BCUT2D eigenvalue weighted by atomic mass is 10.3. The Balaban J connectivity index is 2.17. The van der Waals surface area contributed by atoms with Crippen LogP contribution in [0.1, 0.15) is 4.88 Å². The Kier molecular flexibility index (Phi) is 4.01. The van der Waals surface area contributed by atoms with Crippen molar-refractivity contribution in [3.05, 3.63) is 49.6 Å². The molecule has 17 heavy (non-hydrogen) atoms. The molecule has 0 aliphatic heterocycles. The smallest absolute Gasteiger partial charge is 0.150 e. The van der Waals surface area contributed by atoms with E-state index in [9.17, 15) is 8.78 Å². The summed E-state index contributed by atoms with van der Waals surface area (Å²) >= 11 is 10.3. The van der Waals surface area contributed by atoms with Gasteiger partial charge in [-0.2, -0.15) is 0 Å². The minimum absolute atomic E-state index is 0.141. The standard InChI is InChI=1S/C11H7BrClF2NS/c12-6-3-8(14)11(9(15)4-6)16-5-10-7(13)1-2-17-10/h1-4,16H,5H2. The summed E-state index contributed by atoms with van der Waals surface area (Å²) in [5.41, 5.74) is -0.141. The fourth-order valence-electron chi connectivity index (χ4n) is 1.33. The van der Waals surface area contributed by atoms with E-state index < -0.39 is 11.6 Å². The van der Waals surface area contributed by atoms with E-state index in [2.05, 4.69) is 21.2 Å². The highest BCUT2D eigenvalue weighted by atomic mass is 79.9. The number of rotatable bonds is 3. The van der Waals surface area contributed by atoms with Crippen molar-refractivity contribution in [1.82, 2.24) is 0 Å². The van der Waals surface area contributed by atoms with Crippen molar-refractivity contribution in [1.29, 1.82) is 0 Å². The molecule has 0 unspecified atom stereocenters. The topological polar surface area (TPSA) is 12.0 Å². The summed E-state index contributed by atoms with van der Waals surface area (Å²) in [6.45, 7) is 0.298. The zero-order valence-corrected chi connectivity index (χ0v) is 11.6. The van der Waals surface area contributed by atoms with E-state index in [0.717, 1.165) is 4.88 Å². The Morgan fingerprint density at radius 1 is 1.29 bits per heavy atom. The second kappa shape index (κ2) is 5.33. The number of hydrogen-bond acceptors (Lipinski definition) is 2. The molecule has 1 N–H and O–H groups in total. The molecule has 0 amide bonds. The van der Waals surface area contributed by atoms with Crippen molar-refractivity contribution >= 4 is 44.6 Å². The van der Waals surface area contributed by atoms with Gasteiger partial charge in [-0.15, -0.1) is 11.3 Å². The molecule has 0 aliphatic rings. The fourth-order valence-corrected chi connectivity index (χ4v) is 2.78. The van der Waals surface area contributed by atoms with E-state index in [-0.39, 0.29) is 5.69 Å². The van der Waals surface area contributed by atoms with Crippen LogP contribution >= 0.6 is 38.9 Å². The largest absolute Gasteiger partial charge is 0.375 e. The SMILES string of the molecule is Fc1cc(Br)cc(F)c1NCc1sccc1Cl. The summed E-state index contributed by atoms with van der Waals surface area (Å²) in [7, 11) is 0. The van der Waals surface area contributed by atoms with Crippen LogP contribution in [-0.2, 0) is 6.54 Å². The molecule has 1 heterocycles. The second-order valence-corrected chi connectivity index (χ2v) is 5.61. The predicted octanol–water partition coefficient (Wildman–Crippen LogP) is 5.05. The Morgan fingerprint density at radius 3 is 2.47 bits per heavy atom. The lowest BCUT2D eigenvalue weighted by molar-refractivity contribution is 0.586. The molecule has 2 aromatic rings. The normalized spacial score (nSPS) is 10.6. The van der Waals surface area contributed by atoms with Gasteiger partial charge in [0.1, 0.15) is 17.3 Å². The van der Waals surface area contributed by atoms with Gasteiger partial charge in [-0.25, -0.2) is 8.78 Å². The molecular weight excluding hydrogens is 332 g/mol. The average Bonchev–Trinajstić information content (AvgIpc) is 2.62. The first-order valence-electron chi connectivity index (χ1n) is 4.68. The quantitative estimate of drug-likeness (QED) is 0.825. The molecule has 0 atom stereocenters. The maximum atomic E-state index is 13.5. The number of benzene rings is 1. The first-order chi connectivity index (χ1) is 8.08. The molecule has 0 spiro atoms. The van der Waals surface area contributed by atoms with Crippen molar-refractivity contribution in [2.75, 3.05) is 5.32 Å². The second-order valence-electron chi connectivity index (χ2n) is 3.29. The predicted molar refractivity (Wildman–Crippen MR) is 70.7 cm³/mol. The van der Waals surface area contributed by atoms with Gasteiger partial charge in [0.2, 0.25) is 0 Å². The van der Waals surface area contributed by atoms with Gasteiger partial charge in [0, 0.05) is 9.35 Å². The van der Waals surface area contributed by atoms with Crippen molar-refractivity contribution < 1.29 is 8.78 Å². The van der Waals surface area contributed by atoms with Gasteiger partial charge in [0.25, 0.3) is 0 Å². The Bertz CT molecular complexity index is 521. The lowest BCUT2D eigenvalue weighted by Crippen LogP contribution is -2.03. The highest BCUT2D eigenvalue weighted by Crippen LogP contribution is 2.27. The van der Waals surface area contributed by atoms with Gasteiger partial charge in [0.15, 0.2) is 0 Å². The van der Waals surface area contributed by atoms with Crippen LogP contribution in [0.2, 0.25) is 5.02 Å². The molecule has 90 valence electrons. The number of hydrogen-bond donors (Lipinski definition) is 1. The van der Waals surface area contributed by atoms with Gasteiger partial charge < -0.3 is 5.32 Å². The minimum atomic E-state index is -0.635. The third-order valence-corrected chi connectivity index (χ3v) is 3.97. The number of nitrogens with one attached hydrogen (secondary N) is 1. The van der Waals surface area contributed by atoms with E-state index >= 15 is 0 Å². The summed E-state index contributed by atoms with van der Waals surface area (Å²) in [5.74, 6) is -1.27. The van der Waals surface area contributed by atoms with E-state index in [1.165, 1.54) is 23.5 Å². The van der Waals surface area contributed by atoms with Crippen molar-refractivity contribution in [2.24, 2.45) is 0 Å². The molecule has 0 fully saturated rings. The summed E-state index contributed by atoms with van der Waals surface area (Å²) in [5, 5.41) is 5.13. The van der Waals surface area contributed by atoms with Gasteiger partial charge in [-0.3, -0.25) is 0 Å². The van der Waals surface area contributed by atoms with Crippen LogP contribution in [0.3, 0.4) is 0 Å². The zero-order valence-electron chi connectivity index (χ0n) is 8.44. The minimum Gasteiger partial charge on any atom is -0.375 e. The Hall–Kier alpha value is -0.650. The van der Waals surface area contributed by atoms with Crippen LogP contribution in [0, 0.1) is 11.6 Å². The third kappa shape index (κ3) is 2.97. The summed E-state index contributed by atoms with van der Waals surface area (Å²) in [6, 6.07) is 4.17. The molecule has 0 radical (unpaired) electrons. The Labute approximate surface area is 115 Å². The summed E-state index contributed by atoms with van der Waals surface area (Å²) in [6.07, 6.45) is 0. The molecule has 6 heteroatoms. The lowest BCUT2D eigenvalue weighted by Gasteiger charge is -2.08. The number of halogens is 4. The maximum absolute atomic E-state index is 13.5. The summed E-state index contributed by atoms with van der Waals surface area (Å²) in [4.78, 5) is 0.841. The van der Waals surface area contributed by atoms with Crippen LogP contribution in [0.4, 0.5) is 14.5 Å². The average molecular weight is 339 g/mol. The number of thiophene rings is 1. The number of anilines is 1. The monoisotopic (exact) mass is 337 g/mol. The van der Waals surface area contributed by atoms with Crippen molar-refractivity contribution in [3.8, 4) is 0 Å². The van der Waals surface area contributed by atoms with Gasteiger partial charge in [-0.05, 0) is 23.6 Å². The van der Waals surface area contributed by atoms with Crippen molar-refractivity contribution in [3.63, 3.8) is 0 Å². The van der Waals surface area contributed by atoms with Crippen LogP contribution in [0.15, 0.2) is 28.1 Å². The third-order valence-electron chi connectivity index (χ3n) is 2.12. The van der Waals surface area contributed by atoms with Gasteiger partial charge in [0.05, 0.1) is 11.6 Å². The molecule has 0 aliphatic carbocycles. The van der Waals surface area contributed by atoms with Crippen LogP contribution in [0.5, 0.6) is 0 Å². The molecule has 0 saturated carbocycles. The molecule has 0 bridgehead atoms. The molecule has 1 aromatic carbocycles. The van der Waals surface area contributed by atoms with Crippen LogP contribution in [-0.4, -0.2) is 0 Å². The molecule has 1 aromatic heterocycles. The highest BCUT2D eigenvalue weighted by Gasteiger charge is 2.11. The first kappa shape index (κ1) is 12.8. The van der Waals surface area contributed by atoms with Crippen LogP contribution < -0.4 is 5.32 Å². The maximum Gasteiger partial charge on any atom is 0.150 e. The highest BCUT2D eigenvalue weighted by molar-refractivity contribution is 9.10. The first-order valence-corrected chi connectivity index (χ1v) is 6.73. The van der Waals surface area contributed by atoms with E-state index in [1.54, 1.807) is 6.07 Å². The molecule has 0 saturated heterocycles. The Morgan fingerprint density at radius 2 is 1.94 bits per heavy atom. The molecular formula is C11H7BrClF2NS. The van der Waals surface area contributed by atoms with E-state index in [0.29, 0.717) is 16.0 Å².